The molecule has 0 saturated heterocycles. The fourth-order valence-corrected chi connectivity index (χ4v) is 3.01. The molecular formula is C13H15N5O4S. The summed E-state index contributed by atoms with van der Waals surface area (Å²) in [6.07, 6.45) is 0. The van der Waals surface area contributed by atoms with Crippen molar-refractivity contribution in [2.45, 2.75) is 25.3 Å². The second kappa shape index (κ2) is 6.67. The van der Waals surface area contributed by atoms with Crippen molar-refractivity contribution in [3.8, 4) is 0 Å². The number of aliphatic hydroxyl groups is 1. The van der Waals surface area contributed by atoms with E-state index in [2.05, 4.69) is 20.3 Å². The average Bonchev–Trinajstić information content (AvgIpc) is 2.45. The predicted octanol–water partition coefficient (Wildman–Crippen LogP) is 0.491. The van der Waals surface area contributed by atoms with Crippen LogP contribution in [-0.2, 0) is 16.6 Å². The van der Waals surface area contributed by atoms with Crippen LogP contribution < -0.4 is 10.0 Å². The van der Waals surface area contributed by atoms with Crippen LogP contribution in [0.15, 0.2) is 29.2 Å². The molecule has 0 aliphatic rings. The van der Waals surface area contributed by atoms with Gasteiger partial charge in [-0.05, 0) is 25.5 Å². The third-order valence-electron chi connectivity index (χ3n) is 2.74. The number of nitrogens with zero attached hydrogens (tertiary/aromatic N) is 3. The van der Waals surface area contributed by atoms with Gasteiger partial charge in [0.25, 0.3) is 10.0 Å². The maximum Gasteiger partial charge on any atom is 0.335 e. The maximum atomic E-state index is 12.2. The largest absolute Gasteiger partial charge is 0.392 e. The number of sulfonamides is 1. The molecule has 0 aliphatic heterocycles. The number of aryl methyl sites for hydroxylation is 2. The van der Waals surface area contributed by atoms with Crippen LogP contribution in [0.25, 0.3) is 0 Å². The topological polar surface area (TPSA) is 134 Å². The van der Waals surface area contributed by atoms with Crippen molar-refractivity contribution in [3.63, 3.8) is 0 Å². The summed E-state index contributed by atoms with van der Waals surface area (Å²) in [5.41, 5.74) is 0.180. The van der Waals surface area contributed by atoms with Gasteiger partial charge in [0.05, 0.1) is 11.5 Å². The minimum atomic E-state index is -4.14. The smallest absolute Gasteiger partial charge is 0.335 e. The van der Waals surface area contributed by atoms with Crippen molar-refractivity contribution in [1.29, 1.82) is 0 Å². The van der Waals surface area contributed by atoms with E-state index in [-0.39, 0.29) is 16.4 Å². The van der Waals surface area contributed by atoms with E-state index in [1.165, 1.54) is 18.2 Å². The van der Waals surface area contributed by atoms with Crippen molar-refractivity contribution in [2.24, 2.45) is 0 Å². The van der Waals surface area contributed by atoms with E-state index >= 15 is 0 Å². The lowest BCUT2D eigenvalue weighted by Crippen LogP contribution is -2.35. The van der Waals surface area contributed by atoms with Gasteiger partial charge < -0.3 is 5.11 Å². The Hall–Kier alpha value is -2.59. The van der Waals surface area contributed by atoms with Gasteiger partial charge in [-0.1, -0.05) is 18.2 Å². The first-order valence-electron chi connectivity index (χ1n) is 6.53. The molecule has 0 spiro atoms. The van der Waals surface area contributed by atoms with E-state index in [1.54, 1.807) is 19.9 Å². The van der Waals surface area contributed by atoms with Gasteiger partial charge in [-0.2, -0.15) is 9.97 Å². The molecule has 1 aromatic heterocycles. The van der Waals surface area contributed by atoms with Crippen LogP contribution in [0.2, 0.25) is 0 Å². The third kappa shape index (κ3) is 4.20. The molecule has 2 aromatic rings. The standard InChI is InChI=1S/C13H15N5O4S/c1-8-14-9(2)16-12(15-8)17-13(20)18-23(21,22)11-6-4-3-5-10(11)7-19/h3-6,19H,7H2,1-2H3,(H2,14,15,16,17,18,20). The Bertz CT molecular complexity index is 818. The van der Waals surface area contributed by atoms with Crippen LogP contribution >= 0.6 is 0 Å². The Kier molecular flexibility index (Phi) is 4.86. The Morgan fingerprint density at radius 3 is 2.35 bits per heavy atom. The fourth-order valence-electron chi connectivity index (χ4n) is 1.87. The van der Waals surface area contributed by atoms with Gasteiger partial charge in [-0.15, -0.1) is 0 Å². The lowest BCUT2D eigenvalue weighted by atomic mass is 10.2. The van der Waals surface area contributed by atoms with E-state index < -0.39 is 22.7 Å². The molecule has 0 atom stereocenters. The zero-order chi connectivity index (χ0) is 17.0. The first-order chi connectivity index (χ1) is 10.8. The molecule has 1 heterocycles. The first kappa shape index (κ1) is 16.8. The monoisotopic (exact) mass is 337 g/mol. The summed E-state index contributed by atoms with van der Waals surface area (Å²) >= 11 is 0. The predicted molar refractivity (Wildman–Crippen MR) is 81.0 cm³/mol. The van der Waals surface area contributed by atoms with Gasteiger partial charge in [0.2, 0.25) is 5.95 Å². The lowest BCUT2D eigenvalue weighted by Gasteiger charge is -2.10. The Labute approximate surface area is 132 Å². The van der Waals surface area contributed by atoms with E-state index in [9.17, 15) is 18.3 Å². The number of aliphatic hydroxyl groups excluding tert-OH is 1. The number of urea groups is 1. The number of rotatable bonds is 4. The van der Waals surface area contributed by atoms with Crippen LogP contribution in [0, 0.1) is 13.8 Å². The number of nitrogens with one attached hydrogen (secondary N) is 2. The normalized spacial score (nSPS) is 11.1. The van der Waals surface area contributed by atoms with Crippen molar-refractivity contribution >= 4 is 22.0 Å². The molecule has 0 fully saturated rings. The van der Waals surface area contributed by atoms with Gasteiger partial charge >= 0.3 is 6.03 Å². The Morgan fingerprint density at radius 2 is 1.74 bits per heavy atom. The van der Waals surface area contributed by atoms with Gasteiger partial charge in [0, 0.05) is 0 Å². The highest BCUT2D eigenvalue weighted by Crippen LogP contribution is 2.15. The highest BCUT2D eigenvalue weighted by molar-refractivity contribution is 7.90. The van der Waals surface area contributed by atoms with Crippen LogP contribution in [-0.4, -0.2) is 34.5 Å². The van der Waals surface area contributed by atoms with Crippen molar-refractivity contribution in [2.75, 3.05) is 5.32 Å². The molecule has 10 heteroatoms. The Balaban J connectivity index is 2.18. The van der Waals surface area contributed by atoms with Gasteiger partial charge in [-0.3, -0.25) is 5.32 Å². The molecule has 0 saturated carbocycles. The average molecular weight is 337 g/mol. The number of hydrogen-bond acceptors (Lipinski definition) is 7. The summed E-state index contributed by atoms with van der Waals surface area (Å²) < 4.78 is 26.3. The summed E-state index contributed by atoms with van der Waals surface area (Å²) in [5.74, 6) is 0.723. The second-order valence-electron chi connectivity index (χ2n) is 4.58. The second-order valence-corrected chi connectivity index (χ2v) is 6.23. The maximum absolute atomic E-state index is 12.2. The number of carbonyl (C=O) groups excluding carboxylic acids is 1. The summed E-state index contributed by atoms with van der Waals surface area (Å²) in [6.45, 7) is 2.77. The number of benzene rings is 1. The van der Waals surface area contributed by atoms with Crippen LogP contribution in [0.3, 0.4) is 0 Å². The minimum absolute atomic E-state index is 0.0573. The summed E-state index contributed by atoms with van der Waals surface area (Å²) in [6, 6.07) is 4.80. The molecular weight excluding hydrogens is 322 g/mol. The first-order valence-corrected chi connectivity index (χ1v) is 8.02. The minimum Gasteiger partial charge on any atom is -0.392 e. The summed E-state index contributed by atoms with van der Waals surface area (Å²) in [7, 11) is -4.14. The SMILES string of the molecule is Cc1nc(C)nc(NC(=O)NS(=O)(=O)c2ccccc2CO)n1. The highest BCUT2D eigenvalue weighted by atomic mass is 32.2. The third-order valence-corrected chi connectivity index (χ3v) is 4.18. The van der Waals surface area contributed by atoms with Crippen LogP contribution in [0.5, 0.6) is 0 Å². The summed E-state index contributed by atoms with van der Waals surface area (Å²) in [5, 5.41) is 11.4. The van der Waals surface area contributed by atoms with Gasteiger partial charge in [0.1, 0.15) is 11.6 Å². The highest BCUT2D eigenvalue weighted by Gasteiger charge is 2.21. The molecule has 23 heavy (non-hydrogen) atoms. The van der Waals surface area contributed by atoms with Crippen LogP contribution in [0.1, 0.15) is 17.2 Å². The molecule has 0 unspecified atom stereocenters. The number of amides is 2. The van der Waals surface area contributed by atoms with E-state index in [0.717, 1.165) is 0 Å². The molecule has 3 N–H and O–H groups in total. The van der Waals surface area contributed by atoms with Crippen molar-refractivity contribution < 1.29 is 18.3 Å². The number of aromatic nitrogens is 3. The number of carbonyl (C=O) groups is 1. The van der Waals surface area contributed by atoms with Gasteiger partial charge in [-0.25, -0.2) is 22.9 Å². The van der Waals surface area contributed by atoms with Crippen molar-refractivity contribution in [3.05, 3.63) is 41.5 Å². The van der Waals surface area contributed by atoms with Crippen molar-refractivity contribution in [1.82, 2.24) is 19.7 Å². The zero-order valence-electron chi connectivity index (χ0n) is 12.4. The zero-order valence-corrected chi connectivity index (χ0v) is 13.3. The molecule has 0 radical (unpaired) electrons. The molecule has 2 rings (SSSR count). The Morgan fingerprint density at radius 1 is 1.13 bits per heavy atom. The number of hydrogen-bond donors (Lipinski definition) is 3. The molecule has 0 bridgehead atoms. The van der Waals surface area contributed by atoms with E-state index in [0.29, 0.717) is 11.6 Å². The molecule has 0 aliphatic carbocycles. The van der Waals surface area contributed by atoms with Crippen LogP contribution in [0.4, 0.5) is 10.7 Å². The van der Waals surface area contributed by atoms with E-state index in [4.69, 9.17) is 0 Å². The molecule has 122 valence electrons. The molecule has 1 aromatic carbocycles. The van der Waals surface area contributed by atoms with E-state index in [1.807, 2.05) is 4.72 Å². The number of anilines is 1. The summed E-state index contributed by atoms with van der Waals surface area (Å²) in [4.78, 5) is 23.4. The van der Waals surface area contributed by atoms with Gasteiger partial charge in [0.15, 0.2) is 0 Å². The quantitative estimate of drug-likeness (QED) is 0.739. The molecule has 2 amide bonds. The lowest BCUT2D eigenvalue weighted by molar-refractivity contribution is 0.256. The fraction of sp³-hybridized carbons (Fsp3) is 0.231. The molecule has 9 nitrogen and oxygen atoms in total.